The second-order valence-electron chi connectivity index (χ2n) is 9.93. The molecule has 2 aliphatic rings. The first-order chi connectivity index (χ1) is 17.0. The van der Waals surface area contributed by atoms with Crippen molar-refractivity contribution in [2.45, 2.75) is 56.1 Å². The summed E-state index contributed by atoms with van der Waals surface area (Å²) in [6, 6.07) is 22.0. The molecule has 3 aromatic rings. The Morgan fingerprint density at radius 2 is 1.77 bits per heavy atom. The molecule has 3 N–H and O–H groups in total. The highest BCUT2D eigenvalue weighted by Gasteiger charge is 2.41. The lowest BCUT2D eigenvalue weighted by molar-refractivity contribution is -0.0317. The van der Waals surface area contributed by atoms with E-state index in [-0.39, 0.29) is 12.0 Å². The number of nitrogens with zero attached hydrogens (tertiary/aromatic N) is 1. The molecule has 5 rings (SSSR count). The Morgan fingerprint density at radius 3 is 2.54 bits per heavy atom. The Bertz CT molecular complexity index is 1150. The number of nitrogens with one attached hydrogen (secondary N) is 1. The molecular weight excluding hydrogens is 440 g/mol. The molecule has 3 aromatic carbocycles. The first-order valence-corrected chi connectivity index (χ1v) is 12.7. The third-order valence-corrected chi connectivity index (χ3v) is 7.73. The van der Waals surface area contributed by atoms with Crippen molar-refractivity contribution >= 4 is 16.9 Å². The quantitative estimate of drug-likeness (QED) is 0.424. The summed E-state index contributed by atoms with van der Waals surface area (Å²) >= 11 is 0. The summed E-state index contributed by atoms with van der Waals surface area (Å²) in [5.41, 5.74) is 0.216. The van der Waals surface area contributed by atoms with Crippen LogP contribution in [-0.4, -0.2) is 52.5 Å². The van der Waals surface area contributed by atoms with Crippen molar-refractivity contribution in [1.82, 2.24) is 10.2 Å². The monoisotopic (exact) mass is 474 g/mol. The molecule has 1 aliphatic heterocycles. The first-order valence-electron chi connectivity index (χ1n) is 12.7. The SMILES string of the molecule is O=C(O)N1CCNCC1CC(c1ccc(Oc2cccc3ccccc23)cc1)C1(O)CCCCC1. The van der Waals surface area contributed by atoms with Crippen LogP contribution in [0.4, 0.5) is 4.79 Å². The summed E-state index contributed by atoms with van der Waals surface area (Å²) < 4.78 is 6.24. The number of fused-ring (bicyclic) bond motifs is 1. The highest BCUT2D eigenvalue weighted by Crippen LogP contribution is 2.43. The minimum absolute atomic E-state index is 0.138. The number of rotatable bonds is 6. The van der Waals surface area contributed by atoms with Crippen molar-refractivity contribution in [3.8, 4) is 11.5 Å². The number of piperazine rings is 1. The van der Waals surface area contributed by atoms with Crippen molar-refractivity contribution in [2.75, 3.05) is 19.6 Å². The number of benzene rings is 3. The molecule has 2 unspecified atom stereocenters. The van der Waals surface area contributed by atoms with Crippen LogP contribution in [0.25, 0.3) is 10.8 Å². The van der Waals surface area contributed by atoms with Crippen molar-refractivity contribution < 1.29 is 19.7 Å². The van der Waals surface area contributed by atoms with Crippen LogP contribution in [0.5, 0.6) is 11.5 Å². The summed E-state index contributed by atoms with van der Waals surface area (Å²) in [7, 11) is 0. The Balaban J connectivity index is 1.41. The van der Waals surface area contributed by atoms with Crippen molar-refractivity contribution in [1.29, 1.82) is 0 Å². The van der Waals surface area contributed by atoms with Gasteiger partial charge in [-0.3, -0.25) is 0 Å². The topological polar surface area (TPSA) is 82.0 Å². The Hall–Kier alpha value is -3.09. The molecule has 1 heterocycles. The highest BCUT2D eigenvalue weighted by molar-refractivity contribution is 5.88. The molecule has 0 aromatic heterocycles. The van der Waals surface area contributed by atoms with Gasteiger partial charge in [0.1, 0.15) is 11.5 Å². The summed E-state index contributed by atoms with van der Waals surface area (Å²) in [6.07, 6.45) is 4.35. The van der Waals surface area contributed by atoms with E-state index >= 15 is 0 Å². The lowest BCUT2D eigenvalue weighted by atomic mass is 9.70. The predicted octanol–water partition coefficient (Wildman–Crippen LogP) is 5.75. The second-order valence-corrected chi connectivity index (χ2v) is 9.93. The zero-order valence-corrected chi connectivity index (χ0v) is 20.0. The van der Waals surface area contributed by atoms with Gasteiger partial charge in [0.05, 0.1) is 5.60 Å². The number of aliphatic hydroxyl groups is 1. The van der Waals surface area contributed by atoms with Gasteiger partial charge in [0, 0.05) is 37.0 Å². The lowest BCUT2D eigenvalue weighted by Crippen LogP contribution is -2.55. The molecule has 1 amide bonds. The molecule has 184 valence electrons. The van der Waals surface area contributed by atoms with E-state index in [9.17, 15) is 15.0 Å². The van der Waals surface area contributed by atoms with Gasteiger partial charge in [-0.1, -0.05) is 67.8 Å². The number of carboxylic acid groups (broad SMARTS) is 1. The fourth-order valence-corrected chi connectivity index (χ4v) is 5.85. The van der Waals surface area contributed by atoms with Gasteiger partial charge in [-0.05, 0) is 48.4 Å². The second kappa shape index (κ2) is 10.3. The molecule has 1 saturated heterocycles. The highest BCUT2D eigenvalue weighted by atomic mass is 16.5. The smallest absolute Gasteiger partial charge is 0.407 e. The van der Waals surface area contributed by atoms with Crippen molar-refractivity contribution in [3.63, 3.8) is 0 Å². The maximum atomic E-state index is 11.9. The van der Waals surface area contributed by atoms with Gasteiger partial charge in [0.2, 0.25) is 0 Å². The average molecular weight is 475 g/mol. The number of hydrogen-bond acceptors (Lipinski definition) is 4. The van der Waals surface area contributed by atoms with Crippen molar-refractivity contribution in [2.24, 2.45) is 0 Å². The van der Waals surface area contributed by atoms with Gasteiger partial charge in [-0.15, -0.1) is 0 Å². The van der Waals surface area contributed by atoms with Crippen LogP contribution in [0.3, 0.4) is 0 Å². The molecule has 0 spiro atoms. The summed E-state index contributed by atoms with van der Waals surface area (Å²) in [6.45, 7) is 1.75. The number of hydrogen-bond donors (Lipinski definition) is 3. The van der Waals surface area contributed by atoms with Crippen LogP contribution >= 0.6 is 0 Å². The Kier molecular flexibility index (Phi) is 6.93. The van der Waals surface area contributed by atoms with Gasteiger partial charge in [-0.2, -0.15) is 0 Å². The van der Waals surface area contributed by atoms with Crippen LogP contribution in [-0.2, 0) is 0 Å². The van der Waals surface area contributed by atoms with Crippen LogP contribution in [0.2, 0.25) is 0 Å². The van der Waals surface area contributed by atoms with Crippen molar-refractivity contribution in [3.05, 3.63) is 72.3 Å². The normalized spacial score (nSPS) is 20.9. The number of ether oxygens (including phenoxy) is 1. The van der Waals surface area contributed by atoms with E-state index in [1.807, 2.05) is 48.5 Å². The Morgan fingerprint density at radius 1 is 1.03 bits per heavy atom. The molecule has 2 atom stereocenters. The van der Waals surface area contributed by atoms with E-state index in [0.29, 0.717) is 26.1 Å². The number of carbonyl (C=O) groups is 1. The molecule has 1 aliphatic carbocycles. The van der Waals surface area contributed by atoms with Crippen LogP contribution in [0.1, 0.15) is 50.0 Å². The maximum Gasteiger partial charge on any atom is 0.407 e. The summed E-state index contributed by atoms with van der Waals surface area (Å²) in [5, 5.41) is 27.0. The molecule has 1 saturated carbocycles. The molecule has 6 nitrogen and oxygen atoms in total. The summed E-state index contributed by atoms with van der Waals surface area (Å²) in [4.78, 5) is 13.4. The van der Waals surface area contributed by atoms with E-state index < -0.39 is 11.7 Å². The van der Waals surface area contributed by atoms with Crippen LogP contribution < -0.4 is 10.1 Å². The fourth-order valence-electron chi connectivity index (χ4n) is 5.85. The minimum Gasteiger partial charge on any atom is -0.465 e. The molecule has 35 heavy (non-hydrogen) atoms. The molecular formula is C29H34N2O4. The van der Waals surface area contributed by atoms with Gasteiger partial charge in [0.25, 0.3) is 0 Å². The van der Waals surface area contributed by atoms with Gasteiger partial charge >= 0.3 is 6.09 Å². The van der Waals surface area contributed by atoms with Gasteiger partial charge < -0.3 is 25.2 Å². The lowest BCUT2D eigenvalue weighted by Gasteiger charge is -2.43. The third-order valence-electron chi connectivity index (χ3n) is 7.73. The fraction of sp³-hybridized carbons (Fsp3) is 0.414. The van der Waals surface area contributed by atoms with E-state index in [1.165, 1.54) is 4.90 Å². The van der Waals surface area contributed by atoms with E-state index in [4.69, 9.17) is 4.74 Å². The molecule has 0 radical (unpaired) electrons. The standard InChI is InChI=1S/C29H34N2O4/c32-28(33)31-18-17-30-20-23(31)19-26(29(34)15-4-1-5-16-29)22-11-13-24(14-12-22)35-27-10-6-8-21-7-2-3-9-25(21)27/h2-3,6-14,23,26,30,34H,1,4-5,15-20H2,(H,32,33). The molecule has 0 bridgehead atoms. The van der Waals surface area contributed by atoms with E-state index in [0.717, 1.165) is 59.9 Å². The molecule has 2 fully saturated rings. The zero-order valence-electron chi connectivity index (χ0n) is 20.0. The summed E-state index contributed by atoms with van der Waals surface area (Å²) in [5.74, 6) is 1.41. The largest absolute Gasteiger partial charge is 0.465 e. The zero-order chi connectivity index (χ0) is 24.3. The first kappa shape index (κ1) is 23.6. The van der Waals surface area contributed by atoms with Crippen LogP contribution in [0.15, 0.2) is 66.7 Å². The maximum absolute atomic E-state index is 11.9. The van der Waals surface area contributed by atoms with Gasteiger partial charge in [0.15, 0.2) is 0 Å². The predicted molar refractivity (Wildman–Crippen MR) is 137 cm³/mol. The Labute approximate surface area is 206 Å². The van der Waals surface area contributed by atoms with Gasteiger partial charge in [-0.25, -0.2) is 4.79 Å². The van der Waals surface area contributed by atoms with Crippen LogP contribution in [0, 0.1) is 0 Å². The van der Waals surface area contributed by atoms with E-state index in [1.54, 1.807) is 0 Å². The third kappa shape index (κ3) is 5.14. The number of amides is 1. The average Bonchev–Trinajstić information content (AvgIpc) is 2.89. The van der Waals surface area contributed by atoms with E-state index in [2.05, 4.69) is 23.5 Å². The molecule has 6 heteroatoms. The minimum atomic E-state index is -0.885.